The molecule has 1 aliphatic rings. The third-order valence-electron chi connectivity index (χ3n) is 2.82. The number of carboxylic acids is 1. The lowest BCUT2D eigenvalue weighted by atomic mass is 10.1. The van der Waals surface area contributed by atoms with Crippen molar-refractivity contribution in [3.63, 3.8) is 0 Å². The van der Waals surface area contributed by atoms with Crippen molar-refractivity contribution in [1.29, 1.82) is 0 Å². The van der Waals surface area contributed by atoms with Crippen LogP contribution < -0.4 is 5.11 Å². The zero-order chi connectivity index (χ0) is 13.0. The standard InChI is InChI=1S/C14H14O4/c15-13(16)10-6-8-11(9-7-10)14(17)18-12-4-2-1-3-5-12/h2,4,6-9,12H,1,3,5H2,(H,15,16)/p-1. The molecule has 0 aromatic heterocycles. The van der Waals surface area contributed by atoms with Crippen LogP contribution in [-0.2, 0) is 4.74 Å². The van der Waals surface area contributed by atoms with Gasteiger partial charge in [0.1, 0.15) is 6.10 Å². The Morgan fingerprint density at radius 1 is 1.17 bits per heavy atom. The first-order valence-corrected chi connectivity index (χ1v) is 5.86. The predicted molar refractivity (Wildman–Crippen MR) is 63.0 cm³/mol. The summed E-state index contributed by atoms with van der Waals surface area (Å²) in [6.07, 6.45) is 6.58. The van der Waals surface area contributed by atoms with Crippen LogP contribution >= 0.6 is 0 Å². The van der Waals surface area contributed by atoms with E-state index in [2.05, 4.69) is 0 Å². The molecule has 18 heavy (non-hydrogen) atoms. The number of ether oxygens (including phenoxy) is 1. The highest BCUT2D eigenvalue weighted by Gasteiger charge is 2.15. The van der Waals surface area contributed by atoms with Gasteiger partial charge < -0.3 is 14.6 Å². The van der Waals surface area contributed by atoms with Gasteiger partial charge in [-0.15, -0.1) is 0 Å². The number of allylic oxidation sites excluding steroid dienone is 1. The minimum Gasteiger partial charge on any atom is -0.545 e. The van der Waals surface area contributed by atoms with Crippen molar-refractivity contribution in [2.75, 3.05) is 0 Å². The van der Waals surface area contributed by atoms with Gasteiger partial charge in [0.2, 0.25) is 0 Å². The maximum absolute atomic E-state index is 11.8. The molecule has 0 saturated carbocycles. The lowest BCUT2D eigenvalue weighted by molar-refractivity contribution is -0.255. The van der Waals surface area contributed by atoms with E-state index in [4.69, 9.17) is 4.74 Å². The van der Waals surface area contributed by atoms with Gasteiger partial charge in [0.15, 0.2) is 0 Å². The second kappa shape index (κ2) is 5.49. The van der Waals surface area contributed by atoms with Gasteiger partial charge in [0.25, 0.3) is 0 Å². The second-order valence-electron chi connectivity index (χ2n) is 4.17. The number of carbonyl (C=O) groups excluding carboxylic acids is 2. The van der Waals surface area contributed by atoms with E-state index in [0.29, 0.717) is 5.56 Å². The van der Waals surface area contributed by atoms with Crippen molar-refractivity contribution in [2.24, 2.45) is 0 Å². The molecule has 0 spiro atoms. The summed E-state index contributed by atoms with van der Waals surface area (Å²) in [6.45, 7) is 0. The Morgan fingerprint density at radius 2 is 1.83 bits per heavy atom. The van der Waals surface area contributed by atoms with Gasteiger partial charge in [-0.2, -0.15) is 0 Å². The predicted octanol–water partition coefficient (Wildman–Crippen LogP) is 1.32. The van der Waals surface area contributed by atoms with E-state index >= 15 is 0 Å². The Morgan fingerprint density at radius 3 is 2.39 bits per heavy atom. The normalized spacial score (nSPS) is 18.3. The Labute approximate surface area is 105 Å². The monoisotopic (exact) mass is 245 g/mol. The number of carboxylic acid groups (broad SMARTS) is 1. The maximum Gasteiger partial charge on any atom is 0.338 e. The van der Waals surface area contributed by atoms with Crippen molar-refractivity contribution < 1.29 is 19.4 Å². The summed E-state index contributed by atoms with van der Waals surface area (Å²) < 4.78 is 5.29. The summed E-state index contributed by atoms with van der Waals surface area (Å²) in [5.41, 5.74) is 0.392. The van der Waals surface area contributed by atoms with Crippen LogP contribution in [0.1, 0.15) is 40.0 Å². The molecular weight excluding hydrogens is 232 g/mol. The second-order valence-corrected chi connectivity index (χ2v) is 4.17. The smallest absolute Gasteiger partial charge is 0.338 e. The summed E-state index contributed by atoms with van der Waals surface area (Å²) in [7, 11) is 0. The van der Waals surface area contributed by atoms with Crippen LogP contribution in [0.4, 0.5) is 0 Å². The lowest BCUT2D eigenvalue weighted by Gasteiger charge is -2.17. The van der Waals surface area contributed by atoms with Crippen LogP contribution in [0.25, 0.3) is 0 Å². The average Bonchev–Trinajstić information content (AvgIpc) is 2.40. The molecule has 0 heterocycles. The molecule has 0 bridgehead atoms. The van der Waals surface area contributed by atoms with E-state index in [9.17, 15) is 14.7 Å². The molecule has 1 unspecified atom stereocenters. The van der Waals surface area contributed by atoms with Crippen molar-refractivity contribution in [3.05, 3.63) is 47.5 Å². The van der Waals surface area contributed by atoms with Gasteiger partial charge in [-0.05, 0) is 43.0 Å². The molecule has 0 aliphatic heterocycles. The first-order valence-electron chi connectivity index (χ1n) is 5.86. The average molecular weight is 245 g/mol. The first-order chi connectivity index (χ1) is 8.66. The van der Waals surface area contributed by atoms with Crippen LogP contribution in [0, 0.1) is 0 Å². The van der Waals surface area contributed by atoms with Gasteiger partial charge in [-0.1, -0.05) is 18.2 Å². The number of aromatic carboxylic acids is 1. The summed E-state index contributed by atoms with van der Waals surface area (Å²) in [4.78, 5) is 22.3. The number of benzene rings is 1. The van der Waals surface area contributed by atoms with Crippen LogP contribution in [-0.4, -0.2) is 18.0 Å². The minimum absolute atomic E-state index is 0.0455. The highest BCUT2D eigenvalue weighted by Crippen LogP contribution is 2.15. The molecule has 94 valence electrons. The molecule has 4 heteroatoms. The maximum atomic E-state index is 11.8. The van der Waals surface area contributed by atoms with Crippen LogP contribution in [0.2, 0.25) is 0 Å². The number of esters is 1. The van der Waals surface area contributed by atoms with Crippen molar-refractivity contribution in [1.82, 2.24) is 0 Å². The fourth-order valence-electron chi connectivity index (χ4n) is 1.83. The zero-order valence-corrected chi connectivity index (χ0v) is 9.80. The fourth-order valence-corrected chi connectivity index (χ4v) is 1.83. The highest BCUT2D eigenvalue weighted by molar-refractivity contribution is 5.92. The van der Waals surface area contributed by atoms with Crippen molar-refractivity contribution in [3.8, 4) is 0 Å². The SMILES string of the molecule is O=C([O-])c1ccc(C(=O)OC2C=CCCC2)cc1. The number of rotatable bonds is 3. The van der Waals surface area contributed by atoms with E-state index in [1.54, 1.807) is 0 Å². The Bertz CT molecular complexity index is 473. The molecule has 0 N–H and O–H groups in total. The quantitative estimate of drug-likeness (QED) is 0.595. The highest BCUT2D eigenvalue weighted by atomic mass is 16.5. The van der Waals surface area contributed by atoms with Crippen molar-refractivity contribution >= 4 is 11.9 Å². The molecular formula is C14H13O4-. The van der Waals surface area contributed by atoms with Gasteiger partial charge in [-0.25, -0.2) is 4.79 Å². The molecule has 0 radical (unpaired) electrons. The number of hydrogen-bond acceptors (Lipinski definition) is 4. The molecule has 0 amide bonds. The molecule has 1 atom stereocenters. The van der Waals surface area contributed by atoms with Gasteiger partial charge in [0, 0.05) is 0 Å². The van der Waals surface area contributed by atoms with Gasteiger partial charge in [-0.3, -0.25) is 0 Å². The minimum atomic E-state index is -1.26. The van der Waals surface area contributed by atoms with Gasteiger partial charge >= 0.3 is 5.97 Å². The van der Waals surface area contributed by atoms with E-state index in [0.717, 1.165) is 19.3 Å². The third kappa shape index (κ3) is 2.97. The lowest BCUT2D eigenvalue weighted by Crippen LogP contribution is -2.22. The Hall–Kier alpha value is -2.10. The van der Waals surface area contributed by atoms with E-state index < -0.39 is 11.9 Å². The summed E-state index contributed by atoms with van der Waals surface area (Å²) in [5.74, 6) is -1.69. The van der Waals surface area contributed by atoms with Crippen LogP contribution in [0.3, 0.4) is 0 Å². The molecule has 1 aliphatic carbocycles. The molecule has 2 rings (SSSR count). The Kier molecular flexibility index (Phi) is 3.77. The number of hydrogen-bond donors (Lipinski definition) is 0. The van der Waals surface area contributed by atoms with Crippen molar-refractivity contribution in [2.45, 2.75) is 25.4 Å². The van der Waals surface area contributed by atoms with E-state index in [-0.39, 0.29) is 11.7 Å². The van der Waals surface area contributed by atoms with E-state index in [1.165, 1.54) is 24.3 Å². The van der Waals surface area contributed by atoms with Crippen LogP contribution in [0.15, 0.2) is 36.4 Å². The molecule has 1 aromatic rings. The third-order valence-corrected chi connectivity index (χ3v) is 2.82. The Balaban J connectivity index is 2.02. The topological polar surface area (TPSA) is 66.4 Å². The number of carbonyl (C=O) groups is 2. The van der Waals surface area contributed by atoms with Crippen LogP contribution in [0.5, 0.6) is 0 Å². The van der Waals surface area contributed by atoms with E-state index in [1.807, 2.05) is 12.2 Å². The summed E-state index contributed by atoms with van der Waals surface area (Å²) in [6, 6.07) is 5.53. The molecule has 0 saturated heterocycles. The summed E-state index contributed by atoms with van der Waals surface area (Å²) in [5, 5.41) is 10.6. The largest absolute Gasteiger partial charge is 0.545 e. The molecule has 4 nitrogen and oxygen atoms in total. The summed E-state index contributed by atoms with van der Waals surface area (Å²) >= 11 is 0. The molecule has 0 fully saturated rings. The van der Waals surface area contributed by atoms with Gasteiger partial charge in [0.05, 0.1) is 11.5 Å². The first kappa shape index (κ1) is 12.4. The fraction of sp³-hybridized carbons (Fsp3) is 0.286. The zero-order valence-electron chi connectivity index (χ0n) is 9.80. The molecule has 1 aromatic carbocycles.